The van der Waals surface area contributed by atoms with Crippen molar-refractivity contribution >= 4 is 23.7 Å². The number of aldehydes is 1. The van der Waals surface area contributed by atoms with Gasteiger partial charge < -0.3 is 5.32 Å². The molecule has 0 unspecified atom stereocenters. The largest absolute Gasteiger partial charge is 0.364 e. The summed E-state index contributed by atoms with van der Waals surface area (Å²) in [5.74, 6) is 1.05. The van der Waals surface area contributed by atoms with Crippen LogP contribution in [0.3, 0.4) is 0 Å². The molecule has 1 rings (SSSR count). The first-order chi connectivity index (χ1) is 7.39. The minimum absolute atomic E-state index is 0.137. The highest BCUT2D eigenvalue weighted by molar-refractivity contribution is 6.32. The zero-order valence-electron chi connectivity index (χ0n) is 9.97. The first kappa shape index (κ1) is 12.9. The number of carbonyl (C=O) groups is 1. The van der Waals surface area contributed by atoms with Gasteiger partial charge in [-0.15, -0.1) is 0 Å². The van der Waals surface area contributed by atoms with Crippen molar-refractivity contribution in [1.29, 1.82) is 0 Å². The van der Waals surface area contributed by atoms with Crippen LogP contribution in [0.5, 0.6) is 0 Å². The van der Waals surface area contributed by atoms with Gasteiger partial charge in [0.2, 0.25) is 0 Å². The third-order valence-electron chi connectivity index (χ3n) is 2.47. The molecule has 0 saturated heterocycles. The molecule has 1 aromatic rings. The Kier molecular flexibility index (Phi) is 3.86. The Hall–Kier alpha value is -1.16. The molecule has 1 heterocycles. The monoisotopic (exact) mass is 241 g/mol. The van der Waals surface area contributed by atoms with Gasteiger partial charge in [0.1, 0.15) is 16.8 Å². The van der Waals surface area contributed by atoms with Crippen LogP contribution >= 0.6 is 11.6 Å². The van der Waals surface area contributed by atoms with Crippen molar-refractivity contribution in [3.8, 4) is 0 Å². The molecule has 16 heavy (non-hydrogen) atoms. The van der Waals surface area contributed by atoms with Crippen LogP contribution in [0.2, 0.25) is 5.15 Å². The molecule has 0 radical (unpaired) electrons. The first-order valence-corrected chi connectivity index (χ1v) is 5.55. The van der Waals surface area contributed by atoms with Gasteiger partial charge in [-0.05, 0) is 27.2 Å². The molecule has 1 aromatic heterocycles. The number of aryl methyl sites for hydroxylation is 1. The Morgan fingerprint density at radius 1 is 1.44 bits per heavy atom. The van der Waals surface area contributed by atoms with Gasteiger partial charge in [0, 0.05) is 5.54 Å². The number of nitrogens with zero attached hydrogens (tertiary/aromatic N) is 2. The SMILES string of the molecule is CCC(C)(C)Nc1nc(C)nc(Cl)c1C=O. The van der Waals surface area contributed by atoms with Crippen molar-refractivity contribution in [3.63, 3.8) is 0 Å². The smallest absolute Gasteiger partial charge is 0.156 e. The minimum Gasteiger partial charge on any atom is -0.364 e. The lowest BCUT2D eigenvalue weighted by Gasteiger charge is -2.26. The summed E-state index contributed by atoms with van der Waals surface area (Å²) in [5.41, 5.74) is 0.177. The first-order valence-electron chi connectivity index (χ1n) is 5.17. The van der Waals surface area contributed by atoms with Gasteiger partial charge in [-0.25, -0.2) is 9.97 Å². The van der Waals surface area contributed by atoms with Crippen LogP contribution in [-0.4, -0.2) is 21.8 Å². The van der Waals surface area contributed by atoms with Crippen molar-refractivity contribution in [2.75, 3.05) is 5.32 Å². The molecule has 0 bridgehead atoms. The zero-order valence-corrected chi connectivity index (χ0v) is 10.7. The quantitative estimate of drug-likeness (QED) is 0.651. The molecule has 0 atom stereocenters. The van der Waals surface area contributed by atoms with E-state index < -0.39 is 0 Å². The van der Waals surface area contributed by atoms with Gasteiger partial charge in [0.15, 0.2) is 6.29 Å². The summed E-state index contributed by atoms with van der Waals surface area (Å²) in [5, 5.41) is 3.39. The van der Waals surface area contributed by atoms with Crippen LogP contribution in [0.25, 0.3) is 0 Å². The summed E-state index contributed by atoms with van der Waals surface area (Å²) in [7, 11) is 0. The third-order valence-corrected chi connectivity index (χ3v) is 2.76. The maximum atomic E-state index is 10.9. The van der Waals surface area contributed by atoms with Crippen LogP contribution in [-0.2, 0) is 0 Å². The number of hydrogen-bond acceptors (Lipinski definition) is 4. The highest BCUT2D eigenvalue weighted by atomic mass is 35.5. The van der Waals surface area contributed by atoms with E-state index in [4.69, 9.17) is 11.6 Å². The normalized spacial score (nSPS) is 11.3. The number of rotatable bonds is 4. The van der Waals surface area contributed by atoms with Crippen molar-refractivity contribution in [2.24, 2.45) is 0 Å². The second kappa shape index (κ2) is 4.78. The molecular formula is C11H16ClN3O. The second-order valence-corrected chi connectivity index (χ2v) is 4.66. The van der Waals surface area contributed by atoms with Crippen LogP contribution in [0.15, 0.2) is 0 Å². The highest BCUT2D eigenvalue weighted by Crippen LogP contribution is 2.23. The molecule has 0 aliphatic rings. The fourth-order valence-electron chi connectivity index (χ4n) is 1.16. The van der Waals surface area contributed by atoms with Gasteiger partial charge in [0.05, 0.1) is 5.56 Å². The van der Waals surface area contributed by atoms with E-state index in [9.17, 15) is 4.79 Å². The summed E-state index contributed by atoms with van der Waals surface area (Å²) in [6, 6.07) is 0. The van der Waals surface area contributed by atoms with Gasteiger partial charge in [-0.3, -0.25) is 4.79 Å². The molecule has 0 amide bonds. The molecule has 5 heteroatoms. The molecule has 0 aliphatic heterocycles. The van der Waals surface area contributed by atoms with Crippen molar-refractivity contribution in [3.05, 3.63) is 16.5 Å². The number of nitrogens with one attached hydrogen (secondary N) is 1. The zero-order chi connectivity index (χ0) is 12.3. The number of halogens is 1. The number of aromatic nitrogens is 2. The number of anilines is 1. The lowest BCUT2D eigenvalue weighted by Crippen LogP contribution is -2.31. The van der Waals surface area contributed by atoms with Gasteiger partial charge in [-0.2, -0.15) is 0 Å². The summed E-state index contributed by atoms with van der Waals surface area (Å²) >= 11 is 5.88. The molecule has 0 spiro atoms. The van der Waals surface area contributed by atoms with E-state index >= 15 is 0 Å². The van der Waals surface area contributed by atoms with Gasteiger partial charge >= 0.3 is 0 Å². The molecule has 1 N–H and O–H groups in total. The standard InChI is InChI=1S/C11H16ClN3O/c1-5-11(3,4)15-10-8(6-16)9(12)13-7(2)14-10/h6H,5H2,1-4H3,(H,13,14,15). The van der Waals surface area contributed by atoms with Crippen LogP contribution < -0.4 is 5.32 Å². The average molecular weight is 242 g/mol. The Bertz CT molecular complexity index is 404. The van der Waals surface area contributed by atoms with E-state index in [1.54, 1.807) is 6.92 Å². The van der Waals surface area contributed by atoms with Crippen molar-refractivity contribution < 1.29 is 4.79 Å². The number of carbonyl (C=O) groups excluding carboxylic acids is 1. The fourth-order valence-corrected chi connectivity index (χ4v) is 1.41. The fraction of sp³-hybridized carbons (Fsp3) is 0.545. The predicted octanol–water partition coefficient (Wildman–Crippen LogP) is 2.85. The highest BCUT2D eigenvalue weighted by Gasteiger charge is 2.19. The molecule has 88 valence electrons. The minimum atomic E-state index is -0.137. The molecular weight excluding hydrogens is 226 g/mol. The maximum absolute atomic E-state index is 10.9. The second-order valence-electron chi connectivity index (χ2n) is 4.30. The third kappa shape index (κ3) is 2.92. The van der Waals surface area contributed by atoms with Crippen LogP contribution in [0.4, 0.5) is 5.82 Å². The predicted molar refractivity (Wildman–Crippen MR) is 65.2 cm³/mol. The molecule has 4 nitrogen and oxygen atoms in total. The van der Waals surface area contributed by atoms with E-state index in [1.807, 2.05) is 13.8 Å². The summed E-state index contributed by atoms with van der Waals surface area (Å²) in [4.78, 5) is 19.1. The maximum Gasteiger partial charge on any atom is 0.156 e. The Balaban J connectivity index is 3.17. The summed E-state index contributed by atoms with van der Waals surface area (Å²) < 4.78 is 0. The average Bonchev–Trinajstić information content (AvgIpc) is 2.16. The summed E-state index contributed by atoms with van der Waals surface area (Å²) in [6.07, 6.45) is 1.59. The van der Waals surface area contributed by atoms with Crippen LogP contribution in [0, 0.1) is 6.92 Å². The van der Waals surface area contributed by atoms with Gasteiger partial charge in [-0.1, -0.05) is 18.5 Å². The topological polar surface area (TPSA) is 54.9 Å². The van der Waals surface area contributed by atoms with E-state index in [0.29, 0.717) is 23.5 Å². The Labute approximate surface area is 100 Å². The molecule has 0 saturated carbocycles. The Morgan fingerprint density at radius 3 is 2.56 bits per heavy atom. The van der Waals surface area contributed by atoms with E-state index in [2.05, 4.69) is 22.2 Å². The van der Waals surface area contributed by atoms with E-state index in [-0.39, 0.29) is 10.7 Å². The Morgan fingerprint density at radius 2 is 2.06 bits per heavy atom. The van der Waals surface area contributed by atoms with Crippen molar-refractivity contribution in [1.82, 2.24) is 9.97 Å². The van der Waals surface area contributed by atoms with Crippen molar-refractivity contribution in [2.45, 2.75) is 39.7 Å². The van der Waals surface area contributed by atoms with Gasteiger partial charge in [0.25, 0.3) is 0 Å². The van der Waals surface area contributed by atoms with E-state index in [0.717, 1.165) is 6.42 Å². The lowest BCUT2D eigenvalue weighted by atomic mass is 10.0. The van der Waals surface area contributed by atoms with Crippen LogP contribution in [0.1, 0.15) is 43.4 Å². The summed E-state index contributed by atoms with van der Waals surface area (Å²) in [6.45, 7) is 7.87. The molecule has 0 aliphatic carbocycles. The molecule has 0 fully saturated rings. The van der Waals surface area contributed by atoms with E-state index in [1.165, 1.54) is 0 Å². The molecule has 0 aromatic carbocycles. The lowest BCUT2D eigenvalue weighted by molar-refractivity contribution is 0.112. The number of hydrogen-bond donors (Lipinski definition) is 1.